The van der Waals surface area contributed by atoms with Crippen molar-refractivity contribution >= 4 is 41.3 Å². The fourth-order valence-corrected chi connectivity index (χ4v) is 8.48. The van der Waals surface area contributed by atoms with E-state index in [4.69, 9.17) is 37.9 Å². The molecule has 4 rings (SSSR count). The molecule has 14 heteroatoms. The predicted molar refractivity (Wildman–Crippen MR) is 302 cm³/mol. The Bertz CT molecular complexity index is 2400. The Labute approximate surface area is 458 Å². The lowest BCUT2D eigenvalue weighted by atomic mass is 9.72. The molecule has 0 saturated heterocycles. The molecule has 0 aliphatic heterocycles. The highest BCUT2D eigenvalue weighted by Gasteiger charge is 2.43. The number of unbranched alkanes of at least 4 members (excludes halogenated alkanes) is 12. The Morgan fingerprint density at radius 1 is 0.532 bits per heavy atom. The molecule has 0 saturated carbocycles. The Balaban J connectivity index is 0.986. The van der Waals surface area contributed by atoms with Crippen LogP contribution in [-0.4, -0.2) is 77.7 Å². The Kier molecular flexibility index (Phi) is 29.2. The van der Waals surface area contributed by atoms with Gasteiger partial charge in [0.15, 0.2) is 11.5 Å². The van der Waals surface area contributed by atoms with Gasteiger partial charge in [0.2, 0.25) is 0 Å². The lowest BCUT2D eigenvalue weighted by molar-refractivity contribution is -0.163. The largest absolute Gasteiger partial charge is 0.494 e. The summed E-state index contributed by atoms with van der Waals surface area (Å²) < 4.78 is 44.2. The van der Waals surface area contributed by atoms with E-state index >= 15 is 0 Å². The second kappa shape index (κ2) is 35.7. The van der Waals surface area contributed by atoms with Crippen LogP contribution in [0.5, 0.6) is 23.0 Å². The van der Waals surface area contributed by atoms with E-state index in [0.29, 0.717) is 68.5 Å². The van der Waals surface area contributed by atoms with E-state index in [1.807, 2.05) is 64.1 Å². The quantitative estimate of drug-likeness (QED) is 0.0104. The third-order valence-electron chi connectivity index (χ3n) is 13.3. The number of hydrogen-bond acceptors (Lipinski definition) is 14. The smallest absolute Gasteiger partial charge is 0.343 e. The minimum Gasteiger partial charge on any atom is -0.494 e. The van der Waals surface area contributed by atoms with Crippen LogP contribution in [0, 0.1) is 10.8 Å². The average Bonchev–Trinajstić information content (AvgIpc) is 3.44. The monoisotopic (exact) mass is 1060 g/mol. The van der Waals surface area contributed by atoms with Crippen LogP contribution in [0.4, 0.5) is 11.4 Å². The first kappa shape index (κ1) is 63.0. The van der Waals surface area contributed by atoms with Gasteiger partial charge in [-0.15, -0.1) is 0 Å². The standard InChI is InChI=1S/C63H86N2O12/c1-8-10-19-24-49-25-31-52(32-26-49)64-65-53-33-37-55(38-34-53)73-42-21-17-18-23-44-76-61(69)63(5,9-2)48-62(3,4)60(68)75-43-22-16-14-12-11-13-15-20-41-72-54-35-29-51(30-36-54)59(67)77-56-39-27-50(47-57(56)71-7)28-40-58(66)74-46-45-70-6/h25-40,47H,8-24,41-46,48H2,1-7H3/b40-28+,65-64+. The molecular formula is C63H86N2O12. The molecule has 0 radical (unpaired) electrons. The number of benzene rings is 4. The predicted octanol–water partition coefficient (Wildman–Crippen LogP) is 15.3. The van der Waals surface area contributed by atoms with Gasteiger partial charge in [-0.3, -0.25) is 9.59 Å². The van der Waals surface area contributed by atoms with E-state index in [1.54, 1.807) is 48.5 Å². The van der Waals surface area contributed by atoms with Crippen LogP contribution in [0.25, 0.3) is 6.08 Å². The number of esters is 4. The van der Waals surface area contributed by atoms with Gasteiger partial charge >= 0.3 is 23.9 Å². The van der Waals surface area contributed by atoms with Crippen molar-refractivity contribution in [2.24, 2.45) is 21.1 Å². The summed E-state index contributed by atoms with van der Waals surface area (Å²) in [5.74, 6) is 0.472. The number of nitrogens with zero attached hydrogens (tertiary/aromatic N) is 2. The van der Waals surface area contributed by atoms with Gasteiger partial charge in [0.25, 0.3) is 0 Å². The number of methoxy groups -OCH3 is 2. The molecule has 0 N–H and O–H groups in total. The molecule has 77 heavy (non-hydrogen) atoms. The average molecular weight is 1060 g/mol. The molecule has 14 nitrogen and oxygen atoms in total. The lowest BCUT2D eigenvalue weighted by Crippen LogP contribution is -2.38. The van der Waals surface area contributed by atoms with Crippen LogP contribution >= 0.6 is 0 Å². The fraction of sp³-hybridized carbons (Fsp3) is 0.524. The van der Waals surface area contributed by atoms with Crippen molar-refractivity contribution in [3.05, 3.63) is 114 Å². The molecule has 0 amide bonds. The highest BCUT2D eigenvalue weighted by molar-refractivity contribution is 5.91. The summed E-state index contributed by atoms with van der Waals surface area (Å²) in [5.41, 5.74) is 2.36. The van der Waals surface area contributed by atoms with E-state index in [0.717, 1.165) is 101 Å². The number of carbonyl (C=O) groups is 4. The van der Waals surface area contributed by atoms with Crippen molar-refractivity contribution in [2.75, 3.05) is 53.9 Å². The first-order chi connectivity index (χ1) is 37.3. The molecule has 4 aromatic rings. The summed E-state index contributed by atoms with van der Waals surface area (Å²) in [6.07, 6.45) is 20.3. The van der Waals surface area contributed by atoms with Crippen molar-refractivity contribution < 1.29 is 57.1 Å². The molecule has 0 heterocycles. The second-order valence-electron chi connectivity index (χ2n) is 20.3. The molecule has 0 aromatic heterocycles. The molecule has 420 valence electrons. The summed E-state index contributed by atoms with van der Waals surface area (Å²) in [6, 6.07) is 27.7. The lowest BCUT2D eigenvalue weighted by Gasteiger charge is -2.33. The SMILES string of the molecule is CCCCCc1ccc(/N=N/c2ccc(OCCCCCCOC(=O)C(C)(CC)CC(C)(C)C(=O)OCCCCCCCCCCOc3ccc(C(=O)Oc4ccc(/C=C/C(=O)OCCOC)cc4OC)cc3)cc2)cc1. The zero-order valence-electron chi connectivity index (χ0n) is 47.1. The highest BCUT2D eigenvalue weighted by atomic mass is 16.6. The Morgan fingerprint density at radius 2 is 1.06 bits per heavy atom. The molecule has 0 aliphatic rings. The maximum absolute atomic E-state index is 13.3. The van der Waals surface area contributed by atoms with Gasteiger partial charge in [-0.2, -0.15) is 10.2 Å². The fourth-order valence-electron chi connectivity index (χ4n) is 8.48. The van der Waals surface area contributed by atoms with E-state index < -0.39 is 22.8 Å². The topological polar surface area (TPSA) is 167 Å². The van der Waals surface area contributed by atoms with Crippen molar-refractivity contribution in [1.29, 1.82) is 0 Å². The summed E-state index contributed by atoms with van der Waals surface area (Å²) >= 11 is 0. The van der Waals surface area contributed by atoms with Crippen molar-refractivity contribution in [2.45, 2.75) is 150 Å². The van der Waals surface area contributed by atoms with E-state index in [2.05, 4.69) is 29.3 Å². The Morgan fingerprint density at radius 3 is 1.61 bits per heavy atom. The van der Waals surface area contributed by atoms with E-state index in [9.17, 15) is 19.2 Å². The van der Waals surface area contributed by atoms with Gasteiger partial charge in [0, 0.05) is 13.2 Å². The number of aryl methyl sites for hydroxylation is 1. The maximum Gasteiger partial charge on any atom is 0.343 e. The molecule has 1 unspecified atom stereocenters. The van der Waals surface area contributed by atoms with Crippen LogP contribution in [0.3, 0.4) is 0 Å². The summed E-state index contributed by atoms with van der Waals surface area (Å²) in [5, 5.41) is 8.74. The minimum atomic E-state index is -0.829. The molecule has 0 bridgehead atoms. The van der Waals surface area contributed by atoms with Crippen molar-refractivity contribution in [1.82, 2.24) is 0 Å². The molecule has 0 fully saturated rings. The molecule has 0 aliphatic carbocycles. The third kappa shape index (κ3) is 24.6. The van der Waals surface area contributed by atoms with Crippen LogP contribution < -0.4 is 18.9 Å². The van der Waals surface area contributed by atoms with Gasteiger partial charge in [0.05, 0.1) is 67.9 Å². The van der Waals surface area contributed by atoms with Crippen LogP contribution in [0.2, 0.25) is 0 Å². The van der Waals surface area contributed by atoms with Crippen LogP contribution in [0.1, 0.15) is 165 Å². The number of rotatable bonds is 39. The van der Waals surface area contributed by atoms with Crippen LogP contribution in [-0.2, 0) is 39.8 Å². The van der Waals surface area contributed by atoms with E-state index in [1.165, 1.54) is 45.1 Å². The zero-order chi connectivity index (χ0) is 55.6. The Hall–Kier alpha value is -6.54. The van der Waals surface area contributed by atoms with Crippen molar-refractivity contribution in [3.8, 4) is 23.0 Å². The van der Waals surface area contributed by atoms with E-state index in [-0.39, 0.29) is 24.3 Å². The molecule has 1 atom stereocenters. The number of carbonyl (C=O) groups excluding carboxylic acids is 4. The van der Waals surface area contributed by atoms with Gasteiger partial charge in [-0.1, -0.05) is 83.4 Å². The minimum absolute atomic E-state index is 0.162. The first-order valence-corrected chi connectivity index (χ1v) is 27.8. The van der Waals surface area contributed by atoms with Gasteiger partial charge in [-0.05, 0) is 175 Å². The number of hydrogen-bond donors (Lipinski definition) is 0. The third-order valence-corrected chi connectivity index (χ3v) is 13.3. The maximum atomic E-state index is 13.3. The number of azo groups is 1. The van der Waals surface area contributed by atoms with Gasteiger partial charge < -0.3 is 37.9 Å². The normalized spacial score (nSPS) is 12.3. The zero-order valence-corrected chi connectivity index (χ0v) is 47.1. The van der Waals surface area contributed by atoms with Gasteiger partial charge in [0.1, 0.15) is 18.1 Å². The summed E-state index contributed by atoms with van der Waals surface area (Å²) in [6.45, 7) is 12.1. The van der Waals surface area contributed by atoms with Crippen molar-refractivity contribution in [3.63, 3.8) is 0 Å². The molecule has 0 spiro atoms. The van der Waals surface area contributed by atoms with Crippen LogP contribution in [0.15, 0.2) is 107 Å². The van der Waals surface area contributed by atoms with Gasteiger partial charge in [-0.25, -0.2) is 9.59 Å². The highest BCUT2D eigenvalue weighted by Crippen LogP contribution is 2.39. The molecular weight excluding hydrogens is 977 g/mol. The summed E-state index contributed by atoms with van der Waals surface area (Å²) in [4.78, 5) is 51.2. The summed E-state index contributed by atoms with van der Waals surface area (Å²) in [7, 11) is 3.00. The first-order valence-electron chi connectivity index (χ1n) is 27.8. The number of ether oxygens (including phenoxy) is 8. The molecule has 4 aromatic carbocycles. The second-order valence-corrected chi connectivity index (χ2v) is 20.3.